The van der Waals surface area contributed by atoms with E-state index < -0.39 is 0 Å². The third-order valence-corrected chi connectivity index (χ3v) is 3.89. The molecule has 1 N–H and O–H groups in total. The largest absolute Gasteiger partial charge is 0.345 e. The third kappa shape index (κ3) is 3.25. The van der Waals surface area contributed by atoms with E-state index in [0.717, 1.165) is 10.2 Å². The van der Waals surface area contributed by atoms with Gasteiger partial charge in [0.05, 0.1) is 5.69 Å². The Morgan fingerprint density at radius 2 is 2.16 bits per heavy atom. The summed E-state index contributed by atoms with van der Waals surface area (Å²) in [5, 5.41) is 5.45. The van der Waals surface area contributed by atoms with Crippen LogP contribution in [0.25, 0.3) is 0 Å². The highest BCUT2D eigenvalue weighted by Crippen LogP contribution is 2.26. The van der Waals surface area contributed by atoms with Gasteiger partial charge >= 0.3 is 0 Å². The summed E-state index contributed by atoms with van der Waals surface area (Å²) in [5.74, 6) is -0.150. The number of nitrogens with one attached hydrogen (secondary N) is 1. The average molecular weight is 342 g/mol. The van der Waals surface area contributed by atoms with E-state index in [1.54, 1.807) is 10.6 Å². The minimum Gasteiger partial charge on any atom is -0.345 e. The monoisotopic (exact) mass is 341 g/mol. The highest BCUT2D eigenvalue weighted by Gasteiger charge is 2.19. The molecule has 19 heavy (non-hydrogen) atoms. The molecule has 2 heterocycles. The molecule has 2 aromatic heterocycles. The number of aromatic nitrogens is 2. The van der Waals surface area contributed by atoms with E-state index in [1.165, 1.54) is 11.3 Å². The fourth-order valence-corrected chi connectivity index (χ4v) is 3.04. The SMILES string of the molecule is Cn1cc(Br)cc1C(=O)Nc1nc(C(C)(C)C)cs1. The maximum Gasteiger partial charge on any atom is 0.274 e. The summed E-state index contributed by atoms with van der Waals surface area (Å²) >= 11 is 4.80. The number of thiazole rings is 1. The zero-order chi connectivity index (χ0) is 14.2. The molecule has 0 spiro atoms. The van der Waals surface area contributed by atoms with E-state index >= 15 is 0 Å². The van der Waals surface area contributed by atoms with Crippen molar-refractivity contribution in [2.45, 2.75) is 26.2 Å². The molecule has 0 radical (unpaired) electrons. The van der Waals surface area contributed by atoms with Crippen LogP contribution >= 0.6 is 27.3 Å². The average Bonchev–Trinajstić information content (AvgIpc) is 2.84. The smallest absolute Gasteiger partial charge is 0.274 e. The van der Waals surface area contributed by atoms with Gasteiger partial charge in [-0.25, -0.2) is 4.98 Å². The molecule has 0 bridgehead atoms. The molecule has 0 aliphatic carbocycles. The van der Waals surface area contributed by atoms with Crippen molar-refractivity contribution in [2.75, 3.05) is 5.32 Å². The summed E-state index contributed by atoms with van der Waals surface area (Å²) in [6.07, 6.45) is 1.84. The fourth-order valence-electron chi connectivity index (χ4n) is 1.59. The molecule has 2 rings (SSSR count). The Kier molecular flexibility index (Phi) is 3.82. The van der Waals surface area contributed by atoms with Crippen LogP contribution in [0.1, 0.15) is 37.0 Å². The van der Waals surface area contributed by atoms with E-state index in [-0.39, 0.29) is 11.3 Å². The molecular weight excluding hydrogens is 326 g/mol. The maximum atomic E-state index is 12.1. The normalized spacial score (nSPS) is 11.6. The molecule has 0 unspecified atom stereocenters. The number of carbonyl (C=O) groups is 1. The van der Waals surface area contributed by atoms with Gasteiger partial charge in [-0.2, -0.15) is 0 Å². The van der Waals surface area contributed by atoms with Gasteiger partial charge in [0.2, 0.25) is 0 Å². The number of anilines is 1. The Labute approximate surface area is 125 Å². The first-order chi connectivity index (χ1) is 8.77. The lowest BCUT2D eigenvalue weighted by Gasteiger charge is -2.14. The summed E-state index contributed by atoms with van der Waals surface area (Å²) in [5.41, 5.74) is 1.58. The van der Waals surface area contributed by atoms with Crippen molar-refractivity contribution in [3.63, 3.8) is 0 Å². The van der Waals surface area contributed by atoms with Gasteiger partial charge in [0.1, 0.15) is 5.69 Å². The van der Waals surface area contributed by atoms with Crippen molar-refractivity contribution >= 4 is 38.3 Å². The van der Waals surface area contributed by atoms with Gasteiger partial charge in [-0.05, 0) is 22.0 Å². The molecule has 6 heteroatoms. The molecule has 2 aromatic rings. The number of carbonyl (C=O) groups excluding carboxylic acids is 1. The van der Waals surface area contributed by atoms with Crippen LogP contribution in [0.5, 0.6) is 0 Å². The van der Waals surface area contributed by atoms with Gasteiger partial charge in [0, 0.05) is 28.5 Å². The second kappa shape index (κ2) is 5.09. The quantitative estimate of drug-likeness (QED) is 0.903. The van der Waals surface area contributed by atoms with Crippen molar-refractivity contribution in [3.05, 3.63) is 33.5 Å². The second-order valence-corrected chi connectivity index (χ2v) is 7.17. The molecule has 0 saturated heterocycles. The number of aryl methyl sites for hydroxylation is 1. The molecule has 102 valence electrons. The van der Waals surface area contributed by atoms with Crippen LogP contribution in [0.2, 0.25) is 0 Å². The predicted molar refractivity (Wildman–Crippen MR) is 81.9 cm³/mol. The summed E-state index contributed by atoms with van der Waals surface area (Å²) in [7, 11) is 1.84. The Morgan fingerprint density at radius 3 is 2.63 bits per heavy atom. The number of hydrogen-bond donors (Lipinski definition) is 1. The molecule has 0 aromatic carbocycles. The Bertz CT molecular complexity index is 610. The van der Waals surface area contributed by atoms with Crippen LogP contribution < -0.4 is 5.32 Å². The summed E-state index contributed by atoms with van der Waals surface area (Å²) in [6, 6.07) is 1.79. The van der Waals surface area contributed by atoms with E-state index in [1.807, 2.05) is 18.6 Å². The predicted octanol–water partition coefficient (Wildman–Crippen LogP) is 3.79. The van der Waals surface area contributed by atoms with Crippen LogP contribution in [0.15, 0.2) is 22.1 Å². The van der Waals surface area contributed by atoms with Gasteiger partial charge in [-0.15, -0.1) is 11.3 Å². The first-order valence-corrected chi connectivity index (χ1v) is 7.54. The molecule has 0 atom stereocenters. The molecule has 0 aliphatic rings. The number of nitrogens with zero attached hydrogens (tertiary/aromatic N) is 2. The first kappa shape index (κ1) is 14.3. The van der Waals surface area contributed by atoms with Crippen LogP contribution in [-0.4, -0.2) is 15.5 Å². The zero-order valence-electron chi connectivity index (χ0n) is 11.3. The number of halogens is 1. The summed E-state index contributed by atoms with van der Waals surface area (Å²) in [6.45, 7) is 6.30. The lowest BCUT2D eigenvalue weighted by molar-refractivity contribution is 0.101. The van der Waals surface area contributed by atoms with Crippen LogP contribution in [0.4, 0.5) is 5.13 Å². The van der Waals surface area contributed by atoms with Gasteiger partial charge in [0.25, 0.3) is 5.91 Å². The van der Waals surface area contributed by atoms with Crippen molar-refractivity contribution in [3.8, 4) is 0 Å². The molecule has 4 nitrogen and oxygen atoms in total. The van der Waals surface area contributed by atoms with Crippen LogP contribution in [0.3, 0.4) is 0 Å². The number of hydrogen-bond acceptors (Lipinski definition) is 3. The Balaban J connectivity index is 2.16. The summed E-state index contributed by atoms with van der Waals surface area (Å²) < 4.78 is 2.66. The molecule has 0 fully saturated rings. The lowest BCUT2D eigenvalue weighted by atomic mass is 9.93. The summed E-state index contributed by atoms with van der Waals surface area (Å²) in [4.78, 5) is 16.6. The highest BCUT2D eigenvalue weighted by atomic mass is 79.9. The van der Waals surface area contributed by atoms with Crippen molar-refractivity contribution < 1.29 is 4.79 Å². The fraction of sp³-hybridized carbons (Fsp3) is 0.385. The number of amides is 1. The van der Waals surface area contributed by atoms with Crippen LogP contribution in [-0.2, 0) is 12.5 Å². The van der Waals surface area contributed by atoms with Gasteiger partial charge < -0.3 is 4.57 Å². The molecule has 1 amide bonds. The van der Waals surface area contributed by atoms with Crippen molar-refractivity contribution in [1.82, 2.24) is 9.55 Å². The standard InChI is InChI=1S/C13H16BrN3OS/c1-13(2,3)10-7-19-12(15-10)16-11(18)9-5-8(14)6-17(9)4/h5-7H,1-4H3,(H,15,16,18). The van der Waals surface area contributed by atoms with Gasteiger partial charge in [-0.1, -0.05) is 20.8 Å². The second-order valence-electron chi connectivity index (χ2n) is 5.40. The topological polar surface area (TPSA) is 46.9 Å². The third-order valence-electron chi connectivity index (χ3n) is 2.70. The lowest BCUT2D eigenvalue weighted by Crippen LogP contribution is -2.16. The minimum absolute atomic E-state index is 0.00647. The van der Waals surface area contributed by atoms with Crippen LogP contribution in [0, 0.1) is 0 Å². The molecule has 0 saturated carbocycles. The van der Waals surface area contributed by atoms with E-state index in [9.17, 15) is 4.79 Å². The Morgan fingerprint density at radius 1 is 1.47 bits per heavy atom. The maximum absolute atomic E-state index is 12.1. The molecule has 0 aliphatic heterocycles. The van der Waals surface area contributed by atoms with E-state index in [0.29, 0.717) is 10.8 Å². The number of rotatable bonds is 2. The highest BCUT2D eigenvalue weighted by molar-refractivity contribution is 9.10. The minimum atomic E-state index is -0.150. The zero-order valence-corrected chi connectivity index (χ0v) is 13.7. The molecular formula is C13H16BrN3OS. The first-order valence-electron chi connectivity index (χ1n) is 5.86. The van der Waals surface area contributed by atoms with Crippen molar-refractivity contribution in [1.29, 1.82) is 0 Å². The van der Waals surface area contributed by atoms with E-state index in [2.05, 4.69) is 47.0 Å². The van der Waals surface area contributed by atoms with Gasteiger partial charge in [-0.3, -0.25) is 10.1 Å². The van der Waals surface area contributed by atoms with E-state index in [4.69, 9.17) is 0 Å². The van der Waals surface area contributed by atoms with Gasteiger partial charge in [0.15, 0.2) is 5.13 Å². The Hall–Kier alpha value is -1.14. The van der Waals surface area contributed by atoms with Crippen molar-refractivity contribution in [2.24, 2.45) is 7.05 Å².